The van der Waals surface area contributed by atoms with Gasteiger partial charge in [0, 0.05) is 44.5 Å². The molecule has 2 aliphatic rings. The minimum absolute atomic E-state index is 0.0152. The second kappa shape index (κ2) is 9.67. The lowest BCUT2D eigenvalue weighted by Crippen LogP contribution is -2.56. The van der Waals surface area contributed by atoms with Crippen molar-refractivity contribution in [1.82, 2.24) is 15.1 Å². The highest BCUT2D eigenvalue weighted by Gasteiger charge is 2.30. The van der Waals surface area contributed by atoms with Crippen LogP contribution in [0.2, 0.25) is 0 Å². The van der Waals surface area contributed by atoms with Gasteiger partial charge < -0.3 is 10.2 Å². The Morgan fingerprint density at radius 3 is 2.50 bits per heavy atom. The SMILES string of the molecule is CC(C(=O)N(CCC#N)c1ccccc1)N1CCN(CC(=O)NC2CC2)CC1. The van der Waals surface area contributed by atoms with E-state index in [2.05, 4.69) is 21.2 Å². The molecule has 3 rings (SSSR count). The minimum atomic E-state index is -0.263. The maximum Gasteiger partial charge on any atom is 0.244 e. The first-order valence-electron chi connectivity index (χ1n) is 10.1. The van der Waals surface area contributed by atoms with Gasteiger partial charge >= 0.3 is 0 Å². The van der Waals surface area contributed by atoms with Crippen molar-refractivity contribution in [2.75, 3.05) is 44.2 Å². The molecule has 0 spiro atoms. The quantitative estimate of drug-likeness (QED) is 0.730. The van der Waals surface area contributed by atoms with Crippen LogP contribution < -0.4 is 10.2 Å². The molecule has 1 aliphatic heterocycles. The van der Waals surface area contributed by atoms with Crippen LogP contribution >= 0.6 is 0 Å². The Hall–Kier alpha value is -2.43. The molecular formula is C21H29N5O2. The predicted molar refractivity (Wildman–Crippen MR) is 108 cm³/mol. The van der Waals surface area contributed by atoms with Crippen LogP contribution in [0.4, 0.5) is 5.69 Å². The zero-order valence-corrected chi connectivity index (χ0v) is 16.5. The zero-order valence-electron chi connectivity index (χ0n) is 16.5. The summed E-state index contributed by atoms with van der Waals surface area (Å²) in [7, 11) is 0. The monoisotopic (exact) mass is 383 g/mol. The Balaban J connectivity index is 1.53. The van der Waals surface area contributed by atoms with Crippen LogP contribution in [0.3, 0.4) is 0 Å². The van der Waals surface area contributed by atoms with Gasteiger partial charge in [-0.2, -0.15) is 5.26 Å². The first-order chi connectivity index (χ1) is 13.6. The lowest BCUT2D eigenvalue weighted by Gasteiger charge is -2.38. The van der Waals surface area contributed by atoms with Crippen molar-refractivity contribution in [2.24, 2.45) is 0 Å². The fourth-order valence-electron chi connectivity index (χ4n) is 3.53. The van der Waals surface area contributed by atoms with E-state index in [-0.39, 0.29) is 17.9 Å². The molecule has 1 aromatic carbocycles. The number of hydrogen-bond acceptors (Lipinski definition) is 5. The Bertz CT molecular complexity index is 705. The third-order valence-corrected chi connectivity index (χ3v) is 5.40. The molecule has 1 atom stereocenters. The number of nitrogens with one attached hydrogen (secondary N) is 1. The van der Waals surface area contributed by atoms with E-state index in [1.807, 2.05) is 37.3 Å². The van der Waals surface area contributed by atoms with E-state index in [9.17, 15) is 9.59 Å². The lowest BCUT2D eigenvalue weighted by molar-refractivity contribution is -0.126. The summed E-state index contributed by atoms with van der Waals surface area (Å²) in [6, 6.07) is 11.8. The third kappa shape index (κ3) is 5.54. The summed E-state index contributed by atoms with van der Waals surface area (Å²) in [5.41, 5.74) is 0.824. The molecule has 1 aromatic rings. The molecule has 7 nitrogen and oxygen atoms in total. The fourth-order valence-corrected chi connectivity index (χ4v) is 3.53. The summed E-state index contributed by atoms with van der Waals surface area (Å²) in [6.07, 6.45) is 2.50. The molecule has 1 heterocycles. The fraction of sp³-hybridized carbons (Fsp3) is 0.571. The van der Waals surface area contributed by atoms with Crippen molar-refractivity contribution < 1.29 is 9.59 Å². The molecule has 1 saturated heterocycles. The highest BCUT2D eigenvalue weighted by Crippen LogP contribution is 2.19. The van der Waals surface area contributed by atoms with E-state index < -0.39 is 0 Å². The number of carbonyl (C=O) groups is 2. The summed E-state index contributed by atoms with van der Waals surface area (Å²) < 4.78 is 0. The van der Waals surface area contributed by atoms with Crippen LogP contribution in [-0.2, 0) is 9.59 Å². The summed E-state index contributed by atoms with van der Waals surface area (Å²) in [5.74, 6) is 0.119. The number of rotatable bonds is 8. The number of carbonyl (C=O) groups excluding carboxylic acids is 2. The maximum atomic E-state index is 13.1. The molecular weight excluding hydrogens is 354 g/mol. The van der Waals surface area contributed by atoms with Crippen LogP contribution in [0.5, 0.6) is 0 Å². The van der Waals surface area contributed by atoms with Crippen molar-refractivity contribution in [3.63, 3.8) is 0 Å². The Morgan fingerprint density at radius 2 is 1.89 bits per heavy atom. The van der Waals surface area contributed by atoms with Gasteiger partial charge in [0.1, 0.15) is 0 Å². The molecule has 1 saturated carbocycles. The standard InChI is InChI=1S/C21H29N5O2/c1-17(21(28)26(11-5-10-22)19-6-3-2-4-7-19)25-14-12-24(13-15-25)16-20(27)23-18-8-9-18/h2-4,6-7,17-18H,5,8-9,11-16H2,1H3,(H,23,27). The van der Waals surface area contributed by atoms with Crippen molar-refractivity contribution in [1.29, 1.82) is 5.26 Å². The predicted octanol–water partition coefficient (Wildman–Crippen LogP) is 1.22. The average Bonchev–Trinajstić information content (AvgIpc) is 3.53. The van der Waals surface area contributed by atoms with E-state index in [0.717, 1.165) is 44.7 Å². The molecule has 0 aromatic heterocycles. The number of nitrogens with zero attached hydrogens (tertiary/aromatic N) is 4. The Labute approximate surface area is 166 Å². The van der Waals surface area contributed by atoms with Gasteiger partial charge in [0.15, 0.2) is 0 Å². The summed E-state index contributed by atoms with van der Waals surface area (Å²) in [6.45, 7) is 5.82. The van der Waals surface area contributed by atoms with Crippen LogP contribution in [-0.4, -0.2) is 73.0 Å². The van der Waals surface area contributed by atoms with E-state index in [1.165, 1.54) is 0 Å². The second-order valence-corrected chi connectivity index (χ2v) is 7.56. The molecule has 2 fully saturated rings. The van der Waals surface area contributed by atoms with Gasteiger partial charge in [-0.3, -0.25) is 19.4 Å². The van der Waals surface area contributed by atoms with E-state index in [1.54, 1.807) is 4.90 Å². The van der Waals surface area contributed by atoms with E-state index in [4.69, 9.17) is 5.26 Å². The number of para-hydroxylation sites is 1. The van der Waals surface area contributed by atoms with Crippen LogP contribution in [0, 0.1) is 11.3 Å². The second-order valence-electron chi connectivity index (χ2n) is 7.56. The van der Waals surface area contributed by atoms with Gasteiger partial charge in [0.05, 0.1) is 25.1 Å². The first kappa shape index (κ1) is 20.3. The van der Waals surface area contributed by atoms with Gasteiger partial charge in [-0.15, -0.1) is 0 Å². The van der Waals surface area contributed by atoms with Crippen LogP contribution in [0.15, 0.2) is 30.3 Å². The molecule has 150 valence electrons. The van der Waals surface area contributed by atoms with Crippen molar-refractivity contribution in [3.8, 4) is 6.07 Å². The van der Waals surface area contributed by atoms with Gasteiger partial charge in [0.25, 0.3) is 0 Å². The normalized spacial score (nSPS) is 18.9. The van der Waals surface area contributed by atoms with Crippen molar-refractivity contribution in [2.45, 2.75) is 38.3 Å². The number of piperazine rings is 1. The topological polar surface area (TPSA) is 79.7 Å². The van der Waals surface area contributed by atoms with E-state index >= 15 is 0 Å². The average molecular weight is 383 g/mol. The zero-order chi connectivity index (χ0) is 19.9. The van der Waals surface area contributed by atoms with Gasteiger partial charge in [-0.1, -0.05) is 18.2 Å². The highest BCUT2D eigenvalue weighted by atomic mass is 16.2. The Kier molecular flexibility index (Phi) is 7.01. The minimum Gasteiger partial charge on any atom is -0.352 e. The smallest absolute Gasteiger partial charge is 0.244 e. The summed E-state index contributed by atoms with van der Waals surface area (Å²) in [4.78, 5) is 31.1. The molecule has 1 aliphatic carbocycles. The van der Waals surface area contributed by atoms with Crippen molar-refractivity contribution >= 4 is 17.5 Å². The van der Waals surface area contributed by atoms with Crippen LogP contribution in [0.1, 0.15) is 26.2 Å². The molecule has 0 radical (unpaired) electrons. The summed E-state index contributed by atoms with van der Waals surface area (Å²) in [5, 5.41) is 12.0. The lowest BCUT2D eigenvalue weighted by atomic mass is 10.1. The number of benzene rings is 1. The highest BCUT2D eigenvalue weighted by molar-refractivity contribution is 5.97. The van der Waals surface area contributed by atoms with Crippen LogP contribution in [0.25, 0.3) is 0 Å². The van der Waals surface area contributed by atoms with Crippen molar-refractivity contribution in [3.05, 3.63) is 30.3 Å². The Morgan fingerprint density at radius 1 is 1.21 bits per heavy atom. The van der Waals surface area contributed by atoms with Gasteiger partial charge in [-0.25, -0.2) is 0 Å². The molecule has 1 N–H and O–H groups in total. The van der Waals surface area contributed by atoms with Gasteiger partial charge in [-0.05, 0) is 31.9 Å². The third-order valence-electron chi connectivity index (χ3n) is 5.40. The molecule has 28 heavy (non-hydrogen) atoms. The molecule has 2 amide bonds. The van der Waals surface area contributed by atoms with E-state index in [0.29, 0.717) is 25.6 Å². The number of amides is 2. The summed E-state index contributed by atoms with van der Waals surface area (Å²) >= 11 is 0. The number of anilines is 1. The maximum absolute atomic E-state index is 13.1. The molecule has 1 unspecified atom stereocenters. The first-order valence-corrected chi connectivity index (χ1v) is 10.1. The number of hydrogen-bond donors (Lipinski definition) is 1. The molecule has 0 bridgehead atoms. The number of nitriles is 1. The van der Waals surface area contributed by atoms with Gasteiger partial charge in [0.2, 0.25) is 11.8 Å². The largest absolute Gasteiger partial charge is 0.352 e. The molecule has 7 heteroatoms.